The number of aromatic nitrogens is 1. The van der Waals surface area contributed by atoms with Crippen molar-refractivity contribution in [3.8, 4) is 0 Å². The summed E-state index contributed by atoms with van der Waals surface area (Å²) in [5.41, 5.74) is 1.25. The van der Waals surface area contributed by atoms with Crippen LogP contribution in [0, 0.1) is 0 Å². The lowest BCUT2D eigenvalue weighted by atomic mass is 10.2. The number of nitrogens with zero attached hydrogens (tertiary/aromatic N) is 2. The van der Waals surface area contributed by atoms with Gasteiger partial charge in [0.05, 0.1) is 6.73 Å². The normalized spacial score (nSPS) is 10.6. The molecule has 0 aromatic carbocycles. The number of rotatable bonds is 4. The third-order valence-electron chi connectivity index (χ3n) is 1.77. The highest BCUT2D eigenvalue weighted by Crippen LogP contribution is 1.97. The summed E-state index contributed by atoms with van der Waals surface area (Å²) >= 11 is 0. The van der Waals surface area contributed by atoms with Crippen LogP contribution in [-0.4, -0.2) is 35.3 Å². The van der Waals surface area contributed by atoms with Crippen molar-refractivity contribution in [1.29, 1.82) is 0 Å². The van der Waals surface area contributed by atoms with E-state index >= 15 is 0 Å². The van der Waals surface area contributed by atoms with Gasteiger partial charge in [0.15, 0.2) is 0 Å². The first-order valence-corrected chi connectivity index (χ1v) is 4.01. The minimum absolute atomic E-state index is 0.116. The van der Waals surface area contributed by atoms with Gasteiger partial charge in [-0.15, -0.1) is 0 Å². The van der Waals surface area contributed by atoms with Crippen LogP contribution in [0.1, 0.15) is 5.56 Å². The second-order valence-corrected chi connectivity index (χ2v) is 2.83. The molecular formula is C9H14N2O. The van der Waals surface area contributed by atoms with Crippen LogP contribution in [0.4, 0.5) is 0 Å². The lowest BCUT2D eigenvalue weighted by Gasteiger charge is -2.11. The molecular weight excluding hydrogens is 152 g/mol. The molecule has 1 aromatic heterocycles. The molecule has 0 radical (unpaired) electrons. The van der Waals surface area contributed by atoms with Crippen LogP contribution in [0.25, 0.3) is 0 Å². The minimum Gasteiger partial charge on any atom is -0.381 e. The van der Waals surface area contributed by atoms with Gasteiger partial charge in [0.1, 0.15) is 0 Å². The van der Waals surface area contributed by atoms with Crippen LogP contribution >= 0.6 is 0 Å². The maximum absolute atomic E-state index is 8.73. The highest BCUT2D eigenvalue weighted by molar-refractivity contribution is 5.09. The van der Waals surface area contributed by atoms with Crippen LogP contribution in [0.3, 0.4) is 0 Å². The van der Waals surface area contributed by atoms with E-state index in [9.17, 15) is 0 Å². The zero-order valence-electron chi connectivity index (χ0n) is 7.27. The summed E-state index contributed by atoms with van der Waals surface area (Å²) in [4.78, 5) is 5.79. The van der Waals surface area contributed by atoms with Crippen LogP contribution < -0.4 is 0 Å². The lowest BCUT2D eigenvalue weighted by molar-refractivity contribution is 0.134. The summed E-state index contributed by atoms with van der Waals surface area (Å²) < 4.78 is 0. The average Bonchev–Trinajstić information content (AvgIpc) is 2.16. The van der Waals surface area contributed by atoms with Gasteiger partial charge in [0.2, 0.25) is 0 Å². The van der Waals surface area contributed by atoms with Gasteiger partial charge < -0.3 is 5.11 Å². The van der Waals surface area contributed by atoms with E-state index in [-0.39, 0.29) is 6.73 Å². The number of hydrogen-bond acceptors (Lipinski definition) is 3. The molecule has 1 N–H and O–H groups in total. The van der Waals surface area contributed by atoms with Crippen molar-refractivity contribution in [3.05, 3.63) is 30.1 Å². The number of aliphatic hydroxyl groups is 1. The topological polar surface area (TPSA) is 36.4 Å². The van der Waals surface area contributed by atoms with Crippen molar-refractivity contribution in [3.63, 3.8) is 0 Å². The Balaban J connectivity index is 2.33. The monoisotopic (exact) mass is 166 g/mol. The lowest BCUT2D eigenvalue weighted by Crippen LogP contribution is -2.21. The fourth-order valence-electron chi connectivity index (χ4n) is 0.940. The second kappa shape index (κ2) is 4.85. The van der Waals surface area contributed by atoms with Crippen molar-refractivity contribution < 1.29 is 5.11 Å². The van der Waals surface area contributed by atoms with Crippen molar-refractivity contribution in [2.24, 2.45) is 0 Å². The Morgan fingerprint density at radius 3 is 2.67 bits per heavy atom. The summed E-state index contributed by atoms with van der Waals surface area (Å²) in [6.07, 6.45) is 4.53. The van der Waals surface area contributed by atoms with Crippen LogP contribution in [0.15, 0.2) is 24.5 Å². The molecule has 1 heterocycles. The molecule has 66 valence electrons. The van der Waals surface area contributed by atoms with E-state index in [4.69, 9.17) is 5.11 Å². The van der Waals surface area contributed by atoms with Crippen molar-refractivity contribution in [2.75, 3.05) is 20.3 Å². The second-order valence-electron chi connectivity index (χ2n) is 2.83. The van der Waals surface area contributed by atoms with E-state index in [0.29, 0.717) is 0 Å². The van der Waals surface area contributed by atoms with E-state index in [1.165, 1.54) is 5.56 Å². The van der Waals surface area contributed by atoms with Gasteiger partial charge in [-0.05, 0) is 31.2 Å². The molecule has 3 nitrogen and oxygen atoms in total. The summed E-state index contributed by atoms with van der Waals surface area (Å²) in [5, 5.41) is 8.73. The zero-order chi connectivity index (χ0) is 8.81. The van der Waals surface area contributed by atoms with Crippen LogP contribution in [0.5, 0.6) is 0 Å². The summed E-state index contributed by atoms with van der Waals surface area (Å²) in [6, 6.07) is 3.98. The van der Waals surface area contributed by atoms with Gasteiger partial charge >= 0.3 is 0 Å². The Morgan fingerprint density at radius 2 is 2.08 bits per heavy atom. The maximum atomic E-state index is 8.73. The van der Waals surface area contributed by atoms with E-state index < -0.39 is 0 Å². The average molecular weight is 166 g/mol. The fourth-order valence-corrected chi connectivity index (χ4v) is 0.940. The Kier molecular flexibility index (Phi) is 3.70. The molecule has 0 bridgehead atoms. The van der Waals surface area contributed by atoms with Crippen molar-refractivity contribution in [2.45, 2.75) is 6.42 Å². The van der Waals surface area contributed by atoms with E-state index in [1.54, 1.807) is 12.4 Å². The third-order valence-corrected chi connectivity index (χ3v) is 1.77. The molecule has 1 rings (SSSR count). The molecule has 1 aromatic rings. The quantitative estimate of drug-likeness (QED) is 0.662. The predicted octanol–water partition coefficient (Wildman–Crippen LogP) is 0.506. The Hall–Kier alpha value is -0.930. The molecule has 0 unspecified atom stereocenters. The first kappa shape index (κ1) is 9.16. The molecule has 0 aliphatic carbocycles. The van der Waals surface area contributed by atoms with Crippen molar-refractivity contribution in [1.82, 2.24) is 9.88 Å². The molecule has 0 fully saturated rings. The smallest absolute Gasteiger partial charge is 0.0954 e. The molecule has 0 aliphatic heterocycles. The third kappa shape index (κ3) is 2.98. The van der Waals surface area contributed by atoms with Gasteiger partial charge in [-0.2, -0.15) is 0 Å². The van der Waals surface area contributed by atoms with Gasteiger partial charge in [0.25, 0.3) is 0 Å². The number of likely N-dealkylation sites (N-methyl/N-ethyl adjacent to an activating group) is 1. The maximum Gasteiger partial charge on any atom is 0.0954 e. The first-order valence-electron chi connectivity index (χ1n) is 4.01. The molecule has 12 heavy (non-hydrogen) atoms. The molecule has 3 heteroatoms. The Labute approximate surface area is 72.7 Å². The van der Waals surface area contributed by atoms with E-state index in [0.717, 1.165) is 13.0 Å². The van der Waals surface area contributed by atoms with Crippen LogP contribution in [0.2, 0.25) is 0 Å². The van der Waals surface area contributed by atoms with E-state index in [2.05, 4.69) is 4.98 Å². The first-order chi connectivity index (χ1) is 5.83. The van der Waals surface area contributed by atoms with Gasteiger partial charge in [-0.25, -0.2) is 0 Å². The fraction of sp³-hybridized carbons (Fsp3) is 0.444. The highest BCUT2D eigenvalue weighted by Gasteiger charge is 1.95. The molecule has 0 aliphatic rings. The molecule has 0 saturated heterocycles. The summed E-state index contributed by atoms with van der Waals surface area (Å²) in [6.45, 7) is 0.992. The van der Waals surface area contributed by atoms with Crippen molar-refractivity contribution >= 4 is 0 Å². The number of aliphatic hydroxyl groups excluding tert-OH is 1. The highest BCUT2D eigenvalue weighted by atomic mass is 16.3. The standard InChI is InChI=1S/C9H14N2O/c1-11(8-12)7-4-9-2-5-10-6-3-9/h2-3,5-6,12H,4,7-8H2,1H3. The van der Waals surface area contributed by atoms with Gasteiger partial charge in [-0.3, -0.25) is 9.88 Å². The van der Waals surface area contributed by atoms with Gasteiger partial charge in [-0.1, -0.05) is 0 Å². The number of pyridine rings is 1. The molecule has 0 atom stereocenters. The SMILES string of the molecule is CN(CO)CCc1ccncc1. The Morgan fingerprint density at radius 1 is 1.42 bits per heavy atom. The summed E-state index contributed by atoms with van der Waals surface area (Å²) in [7, 11) is 1.89. The zero-order valence-corrected chi connectivity index (χ0v) is 7.27. The molecule has 0 spiro atoms. The predicted molar refractivity (Wildman–Crippen MR) is 47.7 cm³/mol. The Bertz CT molecular complexity index is 213. The number of hydrogen-bond donors (Lipinski definition) is 1. The minimum atomic E-state index is 0.116. The van der Waals surface area contributed by atoms with Gasteiger partial charge in [0, 0.05) is 18.9 Å². The van der Waals surface area contributed by atoms with E-state index in [1.807, 2.05) is 24.1 Å². The largest absolute Gasteiger partial charge is 0.381 e. The molecule has 0 amide bonds. The van der Waals surface area contributed by atoms with Crippen LogP contribution in [-0.2, 0) is 6.42 Å². The molecule has 0 saturated carbocycles. The summed E-state index contributed by atoms with van der Waals surface area (Å²) in [5.74, 6) is 0.